The summed E-state index contributed by atoms with van der Waals surface area (Å²) in [4.78, 5) is 154. The van der Waals surface area contributed by atoms with Crippen LogP contribution in [0.15, 0.2) is 0 Å². The fourth-order valence-electron chi connectivity index (χ4n) is 6.53. The first-order valence-corrected chi connectivity index (χ1v) is 23.5. The van der Waals surface area contributed by atoms with E-state index in [9.17, 15) is 72.9 Å². The van der Waals surface area contributed by atoms with Gasteiger partial charge in [0.25, 0.3) is 0 Å². The quantitative estimate of drug-likeness (QED) is 0.0159. The van der Waals surface area contributed by atoms with Crippen LogP contribution in [0.4, 0.5) is 0 Å². The Morgan fingerprint density at radius 1 is 0.500 bits per heavy atom. The number of hydrogen-bond acceptors (Lipinski definition) is 15. The molecule has 11 atom stereocenters. The Morgan fingerprint density at radius 3 is 1.43 bits per heavy atom. The number of guanidine groups is 1. The first-order chi connectivity index (χ1) is 33.6. The molecule has 0 aliphatic heterocycles. The lowest BCUT2D eigenvalue weighted by molar-refractivity contribution is -0.143. The summed E-state index contributed by atoms with van der Waals surface area (Å²) < 4.78 is 0. The molecule has 9 amide bonds. The highest BCUT2D eigenvalue weighted by Crippen LogP contribution is 2.13. The molecule has 408 valence electrons. The number of amides is 9. The lowest BCUT2D eigenvalue weighted by Gasteiger charge is -2.29. The van der Waals surface area contributed by atoms with Gasteiger partial charge in [0, 0.05) is 13.0 Å². The third-order valence-electron chi connectivity index (χ3n) is 11.3. The number of carbonyl (C=O) groups excluding carboxylic acids is 9. The van der Waals surface area contributed by atoms with Crippen LogP contribution in [0.5, 0.6) is 0 Å². The van der Waals surface area contributed by atoms with Gasteiger partial charge < -0.3 is 86.1 Å². The second-order valence-corrected chi connectivity index (χ2v) is 17.4. The SMILES string of the molecule is CC[C@H](C)[C@H](NC(=O)[C@H](CC(N)=O)NC(=O)[C@@H](N)CCCNC(=N)N)C(=O)N[C@@H](C)C(=O)N[C@@H](CCC(=O)O)C(=O)N[C@H](C(=O)N[C@@H](CCCCN)C(=O)N[C@@H](CC(=O)O)C(=O)N[C@@H](C)C(=O)O)[C@@H](C)CC. The molecule has 29 heteroatoms. The largest absolute Gasteiger partial charge is 0.481 e. The maximum atomic E-state index is 14.0. The molecule has 0 aromatic heterocycles. The molecule has 0 aromatic carbocycles. The Balaban J connectivity index is 6.43. The molecule has 0 saturated heterocycles. The first kappa shape index (κ1) is 64.8. The number of carboxylic acid groups (broad SMARTS) is 3. The molecule has 0 saturated carbocycles. The van der Waals surface area contributed by atoms with Crippen molar-refractivity contribution in [2.75, 3.05) is 13.1 Å². The van der Waals surface area contributed by atoms with E-state index in [1.165, 1.54) is 6.92 Å². The predicted molar refractivity (Wildman–Crippen MR) is 256 cm³/mol. The molecular weight excluding hydrogens is 953 g/mol. The molecule has 0 spiro atoms. The van der Waals surface area contributed by atoms with Crippen molar-refractivity contribution >= 4 is 77.0 Å². The van der Waals surface area contributed by atoms with Gasteiger partial charge in [-0.3, -0.25) is 62.9 Å². The Morgan fingerprint density at radius 2 is 0.944 bits per heavy atom. The van der Waals surface area contributed by atoms with Crippen LogP contribution in [0.2, 0.25) is 0 Å². The van der Waals surface area contributed by atoms with Gasteiger partial charge in [0.05, 0.1) is 18.9 Å². The molecule has 0 rings (SSSR count). The summed E-state index contributed by atoms with van der Waals surface area (Å²) in [6.07, 6.45) is -1.34. The van der Waals surface area contributed by atoms with Crippen molar-refractivity contribution in [3.8, 4) is 0 Å². The van der Waals surface area contributed by atoms with Gasteiger partial charge in [-0.25, -0.2) is 0 Å². The maximum Gasteiger partial charge on any atom is 0.325 e. The van der Waals surface area contributed by atoms with Gasteiger partial charge in [-0.2, -0.15) is 0 Å². The molecule has 72 heavy (non-hydrogen) atoms. The van der Waals surface area contributed by atoms with E-state index in [1.54, 1.807) is 27.7 Å². The van der Waals surface area contributed by atoms with Crippen LogP contribution >= 0.6 is 0 Å². The summed E-state index contributed by atoms with van der Waals surface area (Å²) in [7, 11) is 0. The average molecular weight is 1030 g/mol. The van der Waals surface area contributed by atoms with Crippen LogP contribution in [-0.2, 0) is 57.5 Å². The number of aliphatic carboxylic acids is 3. The molecule has 0 radical (unpaired) electrons. The molecule has 0 aliphatic carbocycles. The van der Waals surface area contributed by atoms with Gasteiger partial charge in [0.1, 0.15) is 48.3 Å². The number of nitrogens with one attached hydrogen (secondary N) is 10. The fraction of sp³-hybridized carbons (Fsp3) is 0.698. The second-order valence-electron chi connectivity index (χ2n) is 17.4. The molecule has 0 fully saturated rings. The molecule has 0 aromatic rings. The van der Waals surface area contributed by atoms with Crippen LogP contribution in [0.3, 0.4) is 0 Å². The summed E-state index contributed by atoms with van der Waals surface area (Å²) in [6.45, 7) is 9.27. The van der Waals surface area contributed by atoms with Crippen molar-refractivity contribution in [2.45, 2.75) is 167 Å². The van der Waals surface area contributed by atoms with E-state index in [0.717, 1.165) is 6.92 Å². The van der Waals surface area contributed by atoms with Crippen molar-refractivity contribution in [2.24, 2.45) is 34.8 Å². The Labute approximate surface area is 416 Å². The third-order valence-corrected chi connectivity index (χ3v) is 11.3. The van der Waals surface area contributed by atoms with E-state index in [0.29, 0.717) is 19.3 Å². The highest BCUT2D eigenvalue weighted by atomic mass is 16.4. The van der Waals surface area contributed by atoms with Crippen molar-refractivity contribution in [1.82, 2.24) is 47.9 Å². The minimum absolute atomic E-state index is 0.0897. The van der Waals surface area contributed by atoms with E-state index in [-0.39, 0.29) is 44.7 Å². The highest BCUT2D eigenvalue weighted by molar-refractivity contribution is 5.99. The van der Waals surface area contributed by atoms with Gasteiger partial charge in [0.15, 0.2) is 5.96 Å². The third kappa shape index (κ3) is 25.1. The summed E-state index contributed by atoms with van der Waals surface area (Å²) in [5.74, 6) is -14.8. The standard InChI is InChI=1S/C43H76N14O15/c1-7-20(3)32(57-39(68)27(18-29(46)58)54-35(64)24(45)12-11-17-49-43(47)48)40(69)50-22(5)34(63)52-26(14-15-30(59)60)37(66)56-33(21(4)8-2)41(70)53-25(13-9-10-16-44)36(65)55-28(19-31(61)62)38(67)51-23(6)42(71)72/h20-28,32-33H,7-19,44-45H2,1-6H3,(H2,46,58)(H,50,69)(H,51,67)(H,52,63)(H,53,70)(H,54,64)(H,55,65)(H,56,66)(H,57,68)(H,59,60)(H,61,62)(H,71,72)(H4,47,48,49)/t20-,21-,22-,23-,24-,25-,26-,27-,28-,32-,33-/m0/s1. The zero-order chi connectivity index (χ0) is 55.4. The number of primary amides is 1. The predicted octanol–water partition coefficient (Wildman–Crippen LogP) is -4.98. The number of unbranched alkanes of at least 4 members (excludes halogenated alkanes) is 1. The highest BCUT2D eigenvalue weighted by Gasteiger charge is 2.36. The number of nitrogens with two attached hydrogens (primary N) is 4. The molecule has 0 bridgehead atoms. The van der Waals surface area contributed by atoms with Gasteiger partial charge in [-0.1, -0.05) is 40.5 Å². The average Bonchev–Trinajstić information content (AvgIpc) is 3.30. The van der Waals surface area contributed by atoms with E-state index >= 15 is 0 Å². The minimum atomic E-state index is -1.77. The Kier molecular flexibility index (Phi) is 30.1. The van der Waals surface area contributed by atoms with Gasteiger partial charge >= 0.3 is 17.9 Å². The van der Waals surface area contributed by atoms with Crippen molar-refractivity contribution in [3.63, 3.8) is 0 Å². The van der Waals surface area contributed by atoms with Crippen LogP contribution in [0.1, 0.15) is 112 Å². The second kappa shape index (κ2) is 33.4. The van der Waals surface area contributed by atoms with Crippen molar-refractivity contribution in [3.05, 3.63) is 0 Å². The lowest BCUT2D eigenvalue weighted by Crippen LogP contribution is -2.61. The van der Waals surface area contributed by atoms with Crippen LogP contribution < -0.4 is 70.8 Å². The Bertz CT molecular complexity index is 1920. The molecule has 0 aliphatic rings. The van der Waals surface area contributed by atoms with E-state index in [1.807, 2.05) is 0 Å². The molecule has 0 heterocycles. The van der Waals surface area contributed by atoms with E-state index in [4.69, 9.17) is 28.3 Å². The van der Waals surface area contributed by atoms with Gasteiger partial charge in [-0.15, -0.1) is 0 Å². The van der Waals surface area contributed by atoms with Gasteiger partial charge in [0.2, 0.25) is 53.2 Å². The zero-order valence-corrected chi connectivity index (χ0v) is 41.6. The summed E-state index contributed by atoms with van der Waals surface area (Å²) >= 11 is 0. The molecule has 21 N–H and O–H groups in total. The topological polar surface area (TPSA) is 502 Å². The number of rotatable bonds is 36. The number of carboxylic acids is 3. The van der Waals surface area contributed by atoms with Crippen LogP contribution in [-0.4, -0.2) is 160 Å². The molecular formula is C43H76N14O15. The molecule has 29 nitrogen and oxygen atoms in total. The van der Waals surface area contributed by atoms with E-state index in [2.05, 4.69) is 47.9 Å². The summed E-state index contributed by atoms with van der Waals surface area (Å²) in [5, 5.41) is 56.8. The molecule has 0 unspecified atom stereocenters. The Hall–Kier alpha value is -7.17. The number of carbonyl (C=O) groups is 12. The number of hydrogen-bond donors (Lipinski definition) is 17. The smallest absolute Gasteiger partial charge is 0.325 e. The van der Waals surface area contributed by atoms with Crippen LogP contribution in [0, 0.1) is 17.2 Å². The first-order valence-electron chi connectivity index (χ1n) is 23.5. The van der Waals surface area contributed by atoms with Gasteiger partial charge in [-0.05, 0) is 70.8 Å². The van der Waals surface area contributed by atoms with Crippen molar-refractivity contribution in [1.29, 1.82) is 5.41 Å². The lowest BCUT2D eigenvalue weighted by atomic mass is 9.96. The van der Waals surface area contributed by atoms with Crippen molar-refractivity contribution < 1.29 is 72.9 Å². The maximum absolute atomic E-state index is 14.0. The normalized spacial score (nSPS) is 15.5. The minimum Gasteiger partial charge on any atom is -0.481 e. The fourth-order valence-corrected chi connectivity index (χ4v) is 6.53. The summed E-state index contributed by atoms with van der Waals surface area (Å²) in [5.41, 5.74) is 22.2. The monoisotopic (exact) mass is 1030 g/mol. The summed E-state index contributed by atoms with van der Waals surface area (Å²) in [6, 6.07) is -13.3. The van der Waals surface area contributed by atoms with E-state index < -0.39 is 163 Å². The van der Waals surface area contributed by atoms with Crippen LogP contribution in [0.25, 0.3) is 0 Å². The zero-order valence-electron chi connectivity index (χ0n) is 41.6.